The molecule has 7 heteroatoms. The predicted octanol–water partition coefficient (Wildman–Crippen LogP) is 1.75. The van der Waals surface area contributed by atoms with Crippen molar-refractivity contribution in [3.63, 3.8) is 0 Å². The number of likely N-dealkylation sites (N-methyl/N-ethyl adjacent to an activating group) is 1. The summed E-state index contributed by atoms with van der Waals surface area (Å²) in [6.07, 6.45) is 0.924. The van der Waals surface area contributed by atoms with E-state index in [1.165, 1.54) is 6.07 Å². The molecule has 24 heavy (non-hydrogen) atoms. The minimum atomic E-state index is -2.93. The fraction of sp³-hybridized carbons (Fsp3) is 0.588. The van der Waals surface area contributed by atoms with Gasteiger partial charge in [-0.05, 0) is 25.6 Å². The standard InChI is InChI=1S/C17H23F2N3O2/c1-20-8-10-21(11-9-20)13-6-7-22(12-13)16(23)14-4-2-3-5-15(14)24-17(18)19/h2-5,13,17H,6-12H2,1H3/t13-/m0/s1. The minimum absolute atomic E-state index is 0.0550. The van der Waals surface area contributed by atoms with Crippen molar-refractivity contribution in [2.75, 3.05) is 46.3 Å². The summed E-state index contributed by atoms with van der Waals surface area (Å²) in [5.74, 6) is -0.288. The Labute approximate surface area is 140 Å². The maximum Gasteiger partial charge on any atom is 0.387 e. The normalized spacial score (nSPS) is 23.0. The SMILES string of the molecule is CN1CCN([C@H]2CCN(C(=O)c3ccccc3OC(F)F)C2)CC1. The number of carbonyl (C=O) groups excluding carboxylic acids is 1. The van der Waals surface area contributed by atoms with Crippen molar-refractivity contribution in [2.45, 2.75) is 19.1 Å². The quantitative estimate of drug-likeness (QED) is 0.837. The van der Waals surface area contributed by atoms with E-state index in [2.05, 4.69) is 21.6 Å². The van der Waals surface area contributed by atoms with E-state index in [0.717, 1.165) is 32.6 Å². The number of rotatable bonds is 4. The van der Waals surface area contributed by atoms with Gasteiger partial charge in [-0.2, -0.15) is 8.78 Å². The highest BCUT2D eigenvalue weighted by Gasteiger charge is 2.33. The second-order valence-electron chi connectivity index (χ2n) is 6.41. The van der Waals surface area contributed by atoms with Crippen LogP contribution in [0.5, 0.6) is 5.75 Å². The van der Waals surface area contributed by atoms with Crippen molar-refractivity contribution < 1.29 is 18.3 Å². The summed E-state index contributed by atoms with van der Waals surface area (Å²) in [5.41, 5.74) is 0.205. The monoisotopic (exact) mass is 339 g/mol. The van der Waals surface area contributed by atoms with Gasteiger partial charge in [0.05, 0.1) is 5.56 Å². The number of alkyl halides is 2. The first kappa shape index (κ1) is 17.1. The highest BCUT2D eigenvalue weighted by Crippen LogP contribution is 2.25. The van der Waals surface area contributed by atoms with Gasteiger partial charge in [-0.3, -0.25) is 9.69 Å². The van der Waals surface area contributed by atoms with Crippen LogP contribution in [-0.4, -0.2) is 79.6 Å². The summed E-state index contributed by atoms with van der Waals surface area (Å²) >= 11 is 0. The summed E-state index contributed by atoms with van der Waals surface area (Å²) in [5, 5.41) is 0. The van der Waals surface area contributed by atoms with Gasteiger partial charge >= 0.3 is 6.61 Å². The zero-order chi connectivity index (χ0) is 17.1. The number of carbonyl (C=O) groups is 1. The molecule has 0 radical (unpaired) electrons. The number of para-hydroxylation sites is 1. The average molecular weight is 339 g/mol. The lowest BCUT2D eigenvalue weighted by atomic mass is 10.1. The highest BCUT2D eigenvalue weighted by atomic mass is 19.3. The Balaban J connectivity index is 1.64. The number of amides is 1. The molecule has 0 aliphatic carbocycles. The van der Waals surface area contributed by atoms with Crippen LogP contribution >= 0.6 is 0 Å². The molecule has 2 aliphatic heterocycles. The summed E-state index contributed by atoms with van der Waals surface area (Å²) in [6, 6.07) is 6.56. The number of nitrogens with zero attached hydrogens (tertiary/aromatic N) is 3. The summed E-state index contributed by atoms with van der Waals surface area (Å²) in [4.78, 5) is 19.2. The first-order valence-electron chi connectivity index (χ1n) is 8.30. The van der Waals surface area contributed by atoms with Gasteiger partial charge in [0.1, 0.15) is 5.75 Å². The van der Waals surface area contributed by atoms with Crippen LogP contribution in [0, 0.1) is 0 Å². The van der Waals surface area contributed by atoms with Gasteiger partial charge in [0.2, 0.25) is 0 Å². The van der Waals surface area contributed by atoms with Crippen LogP contribution in [-0.2, 0) is 0 Å². The zero-order valence-electron chi connectivity index (χ0n) is 13.8. The van der Waals surface area contributed by atoms with Crippen LogP contribution in [0.2, 0.25) is 0 Å². The fourth-order valence-electron chi connectivity index (χ4n) is 3.42. The van der Waals surface area contributed by atoms with Crippen LogP contribution in [0.4, 0.5) is 8.78 Å². The summed E-state index contributed by atoms with van der Waals surface area (Å²) in [7, 11) is 2.11. The van der Waals surface area contributed by atoms with Crippen LogP contribution in [0.25, 0.3) is 0 Å². The first-order valence-corrected chi connectivity index (χ1v) is 8.30. The second kappa shape index (κ2) is 7.44. The van der Waals surface area contributed by atoms with E-state index in [0.29, 0.717) is 19.1 Å². The van der Waals surface area contributed by atoms with Gasteiger partial charge in [0.15, 0.2) is 0 Å². The number of benzene rings is 1. The molecule has 2 heterocycles. The Bertz CT molecular complexity index is 577. The van der Waals surface area contributed by atoms with Crippen molar-refractivity contribution >= 4 is 5.91 Å². The molecular formula is C17H23F2N3O2. The van der Waals surface area contributed by atoms with E-state index < -0.39 is 6.61 Å². The Morgan fingerprint density at radius 1 is 1.17 bits per heavy atom. The minimum Gasteiger partial charge on any atom is -0.434 e. The van der Waals surface area contributed by atoms with Gasteiger partial charge in [-0.15, -0.1) is 0 Å². The molecule has 132 valence electrons. The molecule has 1 atom stereocenters. The van der Waals surface area contributed by atoms with Crippen molar-refractivity contribution in [1.29, 1.82) is 0 Å². The molecule has 2 fully saturated rings. The fourth-order valence-corrected chi connectivity index (χ4v) is 3.42. The Kier molecular flexibility index (Phi) is 5.30. The molecule has 5 nitrogen and oxygen atoms in total. The first-order chi connectivity index (χ1) is 11.5. The van der Waals surface area contributed by atoms with Crippen LogP contribution < -0.4 is 4.74 Å². The zero-order valence-corrected chi connectivity index (χ0v) is 13.8. The Morgan fingerprint density at radius 2 is 1.88 bits per heavy atom. The Morgan fingerprint density at radius 3 is 2.58 bits per heavy atom. The van der Waals surface area contributed by atoms with Gasteiger partial charge in [-0.1, -0.05) is 12.1 Å². The number of piperazine rings is 1. The molecule has 0 unspecified atom stereocenters. The van der Waals surface area contributed by atoms with E-state index in [-0.39, 0.29) is 17.2 Å². The van der Waals surface area contributed by atoms with Crippen molar-refractivity contribution in [2.24, 2.45) is 0 Å². The molecule has 1 aromatic rings. The third-order valence-corrected chi connectivity index (χ3v) is 4.84. The lowest BCUT2D eigenvalue weighted by Crippen LogP contribution is -2.50. The largest absolute Gasteiger partial charge is 0.434 e. The lowest BCUT2D eigenvalue weighted by Gasteiger charge is -2.36. The maximum atomic E-state index is 12.7. The molecule has 0 spiro atoms. The Hall–Kier alpha value is -1.73. The van der Waals surface area contributed by atoms with E-state index in [9.17, 15) is 13.6 Å². The molecule has 0 bridgehead atoms. The number of hydrogen-bond acceptors (Lipinski definition) is 4. The van der Waals surface area contributed by atoms with E-state index >= 15 is 0 Å². The van der Waals surface area contributed by atoms with Crippen LogP contribution in [0.15, 0.2) is 24.3 Å². The highest BCUT2D eigenvalue weighted by molar-refractivity contribution is 5.97. The topological polar surface area (TPSA) is 36.0 Å². The second-order valence-corrected chi connectivity index (χ2v) is 6.41. The van der Waals surface area contributed by atoms with E-state index in [1.807, 2.05) is 0 Å². The molecular weight excluding hydrogens is 316 g/mol. The molecule has 2 saturated heterocycles. The smallest absolute Gasteiger partial charge is 0.387 e. The molecule has 3 rings (SSSR count). The molecule has 0 N–H and O–H groups in total. The maximum absolute atomic E-state index is 12.7. The third kappa shape index (κ3) is 3.84. The van der Waals surface area contributed by atoms with Gasteiger partial charge in [0.25, 0.3) is 5.91 Å². The molecule has 0 saturated carbocycles. The molecule has 2 aliphatic rings. The van der Waals surface area contributed by atoms with Crippen LogP contribution in [0.3, 0.4) is 0 Å². The van der Waals surface area contributed by atoms with Gasteiger partial charge < -0.3 is 14.5 Å². The number of hydrogen-bond donors (Lipinski definition) is 0. The number of halogens is 2. The average Bonchev–Trinajstić information content (AvgIpc) is 3.05. The van der Waals surface area contributed by atoms with Gasteiger partial charge in [0, 0.05) is 45.3 Å². The van der Waals surface area contributed by atoms with Crippen molar-refractivity contribution in [3.8, 4) is 5.75 Å². The third-order valence-electron chi connectivity index (χ3n) is 4.84. The molecule has 1 aromatic carbocycles. The van der Waals surface area contributed by atoms with Gasteiger partial charge in [-0.25, -0.2) is 0 Å². The number of likely N-dealkylation sites (tertiary alicyclic amines) is 1. The molecule has 0 aromatic heterocycles. The summed E-state index contributed by atoms with van der Waals surface area (Å²) in [6.45, 7) is 2.45. The van der Waals surface area contributed by atoms with E-state index in [4.69, 9.17) is 0 Å². The van der Waals surface area contributed by atoms with E-state index in [1.54, 1.807) is 23.1 Å². The van der Waals surface area contributed by atoms with Crippen molar-refractivity contribution in [1.82, 2.24) is 14.7 Å². The van der Waals surface area contributed by atoms with Crippen molar-refractivity contribution in [3.05, 3.63) is 29.8 Å². The van der Waals surface area contributed by atoms with Crippen LogP contribution in [0.1, 0.15) is 16.8 Å². The lowest BCUT2D eigenvalue weighted by molar-refractivity contribution is -0.0502. The number of ether oxygens (including phenoxy) is 1. The summed E-state index contributed by atoms with van der Waals surface area (Å²) < 4.78 is 29.5. The predicted molar refractivity (Wildman–Crippen MR) is 86.5 cm³/mol. The molecule has 1 amide bonds.